The summed E-state index contributed by atoms with van der Waals surface area (Å²) in [6, 6.07) is 13.9. The SMILES string of the molecule is CCc1cc(CNC(C)(C)C)cc(Oc2ccccc2)n1. The van der Waals surface area contributed by atoms with E-state index in [1.165, 1.54) is 5.56 Å². The highest BCUT2D eigenvalue weighted by Crippen LogP contribution is 2.21. The van der Waals surface area contributed by atoms with E-state index in [0.717, 1.165) is 24.4 Å². The lowest BCUT2D eigenvalue weighted by Crippen LogP contribution is -2.35. The summed E-state index contributed by atoms with van der Waals surface area (Å²) in [5.74, 6) is 1.47. The normalized spacial score (nSPS) is 11.4. The third-order valence-corrected chi connectivity index (χ3v) is 3.07. The van der Waals surface area contributed by atoms with E-state index >= 15 is 0 Å². The number of aryl methyl sites for hydroxylation is 1. The fraction of sp³-hybridized carbons (Fsp3) is 0.389. The van der Waals surface area contributed by atoms with Gasteiger partial charge in [-0.15, -0.1) is 0 Å². The van der Waals surface area contributed by atoms with E-state index in [-0.39, 0.29) is 5.54 Å². The summed E-state index contributed by atoms with van der Waals surface area (Å²) < 4.78 is 5.85. The minimum atomic E-state index is 0.0934. The first-order valence-electron chi connectivity index (χ1n) is 7.44. The Balaban J connectivity index is 2.17. The van der Waals surface area contributed by atoms with E-state index in [4.69, 9.17) is 4.74 Å². The fourth-order valence-corrected chi connectivity index (χ4v) is 1.93. The van der Waals surface area contributed by atoms with Crippen LogP contribution in [-0.2, 0) is 13.0 Å². The molecule has 21 heavy (non-hydrogen) atoms. The summed E-state index contributed by atoms with van der Waals surface area (Å²) in [6.45, 7) is 9.41. The molecule has 1 aromatic carbocycles. The maximum Gasteiger partial charge on any atom is 0.219 e. The number of para-hydroxylation sites is 1. The molecular formula is C18H24N2O. The zero-order valence-electron chi connectivity index (χ0n) is 13.3. The molecule has 2 rings (SSSR count). The van der Waals surface area contributed by atoms with Crippen LogP contribution in [0.2, 0.25) is 0 Å². The minimum Gasteiger partial charge on any atom is -0.439 e. The molecule has 1 heterocycles. The number of nitrogens with zero attached hydrogens (tertiary/aromatic N) is 1. The van der Waals surface area contributed by atoms with Gasteiger partial charge in [-0.2, -0.15) is 0 Å². The van der Waals surface area contributed by atoms with E-state index in [9.17, 15) is 0 Å². The first-order valence-corrected chi connectivity index (χ1v) is 7.44. The fourth-order valence-electron chi connectivity index (χ4n) is 1.93. The van der Waals surface area contributed by atoms with Crippen molar-refractivity contribution in [2.75, 3.05) is 0 Å². The van der Waals surface area contributed by atoms with Gasteiger partial charge in [0.2, 0.25) is 5.88 Å². The third-order valence-electron chi connectivity index (χ3n) is 3.07. The molecule has 0 radical (unpaired) electrons. The van der Waals surface area contributed by atoms with E-state index in [1.54, 1.807) is 0 Å². The summed E-state index contributed by atoms with van der Waals surface area (Å²) >= 11 is 0. The number of hydrogen-bond donors (Lipinski definition) is 1. The van der Waals surface area contributed by atoms with Gasteiger partial charge in [0.25, 0.3) is 0 Å². The predicted molar refractivity (Wildman–Crippen MR) is 86.7 cm³/mol. The Morgan fingerprint density at radius 2 is 1.81 bits per heavy atom. The smallest absolute Gasteiger partial charge is 0.219 e. The Hall–Kier alpha value is -1.87. The molecule has 0 amide bonds. The lowest BCUT2D eigenvalue weighted by molar-refractivity contribution is 0.421. The highest BCUT2D eigenvalue weighted by atomic mass is 16.5. The van der Waals surface area contributed by atoms with Gasteiger partial charge in [0.15, 0.2) is 0 Å². The van der Waals surface area contributed by atoms with Gasteiger partial charge in [-0.25, -0.2) is 4.98 Å². The van der Waals surface area contributed by atoms with Crippen LogP contribution in [0.1, 0.15) is 39.0 Å². The molecule has 3 nitrogen and oxygen atoms in total. The zero-order chi connectivity index (χ0) is 15.3. The Labute approximate surface area is 127 Å². The van der Waals surface area contributed by atoms with Crippen molar-refractivity contribution >= 4 is 0 Å². The molecule has 0 saturated carbocycles. The van der Waals surface area contributed by atoms with Gasteiger partial charge in [0.05, 0.1) is 0 Å². The summed E-state index contributed by atoms with van der Waals surface area (Å²) in [7, 11) is 0. The maximum absolute atomic E-state index is 5.85. The van der Waals surface area contributed by atoms with Gasteiger partial charge in [0.1, 0.15) is 5.75 Å². The van der Waals surface area contributed by atoms with Gasteiger partial charge >= 0.3 is 0 Å². The first kappa shape index (κ1) is 15.5. The second kappa shape index (κ2) is 6.72. The molecule has 0 aliphatic rings. The number of rotatable bonds is 5. The average molecular weight is 284 g/mol. The second-order valence-corrected chi connectivity index (χ2v) is 6.18. The number of hydrogen-bond acceptors (Lipinski definition) is 3. The van der Waals surface area contributed by atoms with E-state index in [1.807, 2.05) is 36.4 Å². The number of nitrogens with one attached hydrogen (secondary N) is 1. The highest BCUT2D eigenvalue weighted by molar-refractivity contribution is 5.30. The Morgan fingerprint density at radius 1 is 1.10 bits per heavy atom. The average Bonchev–Trinajstić information content (AvgIpc) is 2.45. The molecular weight excluding hydrogens is 260 g/mol. The van der Waals surface area contributed by atoms with Gasteiger partial charge in [-0.3, -0.25) is 0 Å². The van der Waals surface area contributed by atoms with Crippen molar-refractivity contribution in [3.8, 4) is 11.6 Å². The quantitative estimate of drug-likeness (QED) is 0.887. The predicted octanol–water partition coefficient (Wildman–Crippen LogP) is 4.32. The Kier molecular flexibility index (Phi) is 4.97. The van der Waals surface area contributed by atoms with Crippen LogP contribution in [0.5, 0.6) is 11.6 Å². The molecule has 3 heteroatoms. The molecule has 1 aromatic heterocycles. The maximum atomic E-state index is 5.85. The van der Waals surface area contributed by atoms with Crippen molar-refractivity contribution in [3.05, 3.63) is 53.7 Å². The number of pyridine rings is 1. The largest absolute Gasteiger partial charge is 0.439 e. The van der Waals surface area contributed by atoms with Crippen LogP contribution in [0, 0.1) is 0 Å². The molecule has 0 bridgehead atoms. The van der Waals surface area contributed by atoms with Crippen LogP contribution in [-0.4, -0.2) is 10.5 Å². The van der Waals surface area contributed by atoms with E-state index < -0.39 is 0 Å². The molecule has 0 spiro atoms. The monoisotopic (exact) mass is 284 g/mol. The topological polar surface area (TPSA) is 34.1 Å². The first-order chi connectivity index (χ1) is 9.96. The van der Waals surface area contributed by atoms with E-state index in [2.05, 4.69) is 44.1 Å². The van der Waals surface area contributed by atoms with Gasteiger partial charge in [-0.05, 0) is 51.0 Å². The molecule has 0 saturated heterocycles. The van der Waals surface area contributed by atoms with Crippen molar-refractivity contribution in [1.29, 1.82) is 0 Å². The van der Waals surface area contributed by atoms with Crippen LogP contribution < -0.4 is 10.1 Å². The number of aromatic nitrogens is 1. The number of benzene rings is 1. The molecule has 0 aliphatic carbocycles. The molecule has 1 N–H and O–H groups in total. The van der Waals surface area contributed by atoms with Crippen LogP contribution in [0.15, 0.2) is 42.5 Å². The minimum absolute atomic E-state index is 0.0934. The highest BCUT2D eigenvalue weighted by Gasteiger charge is 2.10. The Morgan fingerprint density at radius 3 is 2.43 bits per heavy atom. The van der Waals surface area contributed by atoms with Crippen molar-refractivity contribution in [1.82, 2.24) is 10.3 Å². The summed E-state index contributed by atoms with van der Waals surface area (Å²) in [6.07, 6.45) is 0.897. The molecule has 0 fully saturated rings. The summed E-state index contributed by atoms with van der Waals surface area (Å²) in [4.78, 5) is 4.54. The van der Waals surface area contributed by atoms with Crippen molar-refractivity contribution in [2.24, 2.45) is 0 Å². The lowest BCUT2D eigenvalue weighted by Gasteiger charge is -2.21. The molecule has 2 aromatic rings. The summed E-state index contributed by atoms with van der Waals surface area (Å²) in [5, 5.41) is 3.50. The van der Waals surface area contributed by atoms with Crippen LogP contribution in [0.25, 0.3) is 0 Å². The molecule has 0 atom stereocenters. The number of ether oxygens (including phenoxy) is 1. The molecule has 0 unspecified atom stereocenters. The summed E-state index contributed by atoms with van der Waals surface area (Å²) in [5.41, 5.74) is 2.34. The van der Waals surface area contributed by atoms with Crippen LogP contribution >= 0.6 is 0 Å². The van der Waals surface area contributed by atoms with Crippen LogP contribution in [0.4, 0.5) is 0 Å². The van der Waals surface area contributed by atoms with Crippen molar-refractivity contribution in [3.63, 3.8) is 0 Å². The van der Waals surface area contributed by atoms with Crippen molar-refractivity contribution in [2.45, 2.75) is 46.2 Å². The molecule has 112 valence electrons. The zero-order valence-corrected chi connectivity index (χ0v) is 13.3. The van der Waals surface area contributed by atoms with E-state index in [0.29, 0.717) is 5.88 Å². The standard InChI is InChI=1S/C18H24N2O/c1-5-15-11-14(13-19-18(2,3)4)12-17(20-15)21-16-9-7-6-8-10-16/h6-12,19H,5,13H2,1-4H3. The van der Waals surface area contributed by atoms with Gasteiger partial charge < -0.3 is 10.1 Å². The Bertz CT molecular complexity index is 574. The van der Waals surface area contributed by atoms with Gasteiger partial charge in [0, 0.05) is 23.8 Å². The second-order valence-electron chi connectivity index (χ2n) is 6.18. The third kappa shape index (κ3) is 5.20. The lowest BCUT2D eigenvalue weighted by atomic mass is 10.1. The van der Waals surface area contributed by atoms with Crippen LogP contribution in [0.3, 0.4) is 0 Å². The molecule has 0 aliphatic heterocycles. The van der Waals surface area contributed by atoms with Crippen molar-refractivity contribution < 1.29 is 4.74 Å². The van der Waals surface area contributed by atoms with Gasteiger partial charge in [-0.1, -0.05) is 25.1 Å².